The first-order valence-corrected chi connectivity index (χ1v) is 8.66. The molecule has 0 aliphatic heterocycles. The molecule has 0 fully saturated rings. The zero-order chi connectivity index (χ0) is 16.5. The summed E-state index contributed by atoms with van der Waals surface area (Å²) in [5.74, 6) is 0.590. The minimum absolute atomic E-state index is 0.156. The molecule has 2 rings (SSSR count). The number of aliphatic imine (C=N–C) groups is 1. The number of rotatable bonds is 7. The lowest BCUT2D eigenvalue weighted by Gasteiger charge is -2.11. The van der Waals surface area contributed by atoms with Crippen LogP contribution in [0.1, 0.15) is 22.7 Å². The molecule has 2 N–H and O–H groups in total. The third-order valence-electron chi connectivity index (χ3n) is 3.39. The van der Waals surface area contributed by atoms with Crippen LogP contribution in [0.15, 0.2) is 34.6 Å². The van der Waals surface area contributed by atoms with Crippen molar-refractivity contribution >= 4 is 17.3 Å². The van der Waals surface area contributed by atoms with Crippen LogP contribution in [0.25, 0.3) is 0 Å². The zero-order valence-electron chi connectivity index (χ0n) is 13.6. The van der Waals surface area contributed by atoms with Gasteiger partial charge in [0.1, 0.15) is 5.82 Å². The van der Waals surface area contributed by atoms with Crippen molar-refractivity contribution in [2.45, 2.75) is 26.2 Å². The second-order valence-electron chi connectivity index (χ2n) is 5.25. The van der Waals surface area contributed by atoms with Crippen LogP contribution in [0.2, 0.25) is 0 Å². The predicted molar refractivity (Wildman–Crippen MR) is 94.6 cm³/mol. The number of thiazole rings is 1. The molecule has 0 spiro atoms. The third-order valence-corrected chi connectivity index (χ3v) is 4.42. The van der Waals surface area contributed by atoms with Crippen molar-refractivity contribution in [3.05, 3.63) is 51.7 Å². The largest absolute Gasteiger partial charge is 0.356 e. The van der Waals surface area contributed by atoms with Gasteiger partial charge in [-0.2, -0.15) is 0 Å². The smallest absolute Gasteiger partial charge is 0.190 e. The molecule has 0 bridgehead atoms. The predicted octanol–water partition coefficient (Wildman–Crippen LogP) is 2.93. The van der Waals surface area contributed by atoms with Crippen molar-refractivity contribution in [3.63, 3.8) is 0 Å². The lowest BCUT2D eigenvalue weighted by molar-refractivity contribution is 0.606. The van der Waals surface area contributed by atoms with Gasteiger partial charge in [-0.15, -0.1) is 11.3 Å². The van der Waals surface area contributed by atoms with Crippen molar-refractivity contribution in [2.75, 3.05) is 20.1 Å². The number of hydrogen-bond acceptors (Lipinski definition) is 3. The lowest BCUT2D eigenvalue weighted by atomic mass is 10.1. The summed E-state index contributed by atoms with van der Waals surface area (Å²) in [6.07, 6.45) is 2.60. The van der Waals surface area contributed by atoms with Gasteiger partial charge in [0.05, 0.1) is 5.01 Å². The number of nitrogens with one attached hydrogen (secondary N) is 2. The van der Waals surface area contributed by atoms with Crippen LogP contribution >= 0.6 is 11.3 Å². The Bertz CT molecular complexity index is 639. The normalized spacial score (nSPS) is 11.5. The van der Waals surface area contributed by atoms with Crippen molar-refractivity contribution in [3.8, 4) is 0 Å². The highest BCUT2D eigenvalue weighted by Gasteiger charge is 2.02. The molecule has 6 heteroatoms. The molecule has 0 radical (unpaired) electrons. The Morgan fingerprint density at radius 3 is 2.70 bits per heavy atom. The van der Waals surface area contributed by atoms with Crippen LogP contribution < -0.4 is 10.6 Å². The summed E-state index contributed by atoms with van der Waals surface area (Å²) in [5, 5.41) is 9.72. The van der Waals surface area contributed by atoms with E-state index in [9.17, 15) is 4.39 Å². The molecule has 1 aromatic heterocycles. The molecule has 0 saturated heterocycles. The van der Waals surface area contributed by atoms with Crippen LogP contribution in [0.5, 0.6) is 0 Å². The van der Waals surface area contributed by atoms with Crippen LogP contribution in [0.3, 0.4) is 0 Å². The van der Waals surface area contributed by atoms with Crippen LogP contribution in [0, 0.1) is 12.7 Å². The quantitative estimate of drug-likeness (QED) is 0.465. The monoisotopic (exact) mass is 334 g/mol. The van der Waals surface area contributed by atoms with Gasteiger partial charge in [0.25, 0.3) is 0 Å². The van der Waals surface area contributed by atoms with E-state index in [0.29, 0.717) is 13.0 Å². The number of halogens is 1. The Morgan fingerprint density at radius 2 is 2.00 bits per heavy atom. The van der Waals surface area contributed by atoms with Crippen molar-refractivity contribution < 1.29 is 4.39 Å². The Balaban J connectivity index is 1.64. The second kappa shape index (κ2) is 9.25. The number of guanidine groups is 1. The maximum absolute atomic E-state index is 13.5. The highest BCUT2D eigenvalue weighted by Crippen LogP contribution is 2.10. The topological polar surface area (TPSA) is 49.3 Å². The first-order chi connectivity index (χ1) is 11.2. The Morgan fingerprint density at radius 1 is 1.22 bits per heavy atom. The van der Waals surface area contributed by atoms with E-state index in [0.717, 1.165) is 36.6 Å². The van der Waals surface area contributed by atoms with Gasteiger partial charge in [-0.05, 0) is 31.4 Å². The maximum Gasteiger partial charge on any atom is 0.190 e. The minimum atomic E-state index is -0.156. The number of aromatic nitrogens is 1. The molecular formula is C17H23FN4S. The Hall–Kier alpha value is -1.95. The summed E-state index contributed by atoms with van der Waals surface area (Å²) in [7, 11) is 1.74. The Labute approximate surface area is 140 Å². The van der Waals surface area contributed by atoms with Crippen molar-refractivity contribution in [1.82, 2.24) is 15.6 Å². The first kappa shape index (κ1) is 17.4. The molecule has 23 heavy (non-hydrogen) atoms. The van der Waals surface area contributed by atoms with E-state index in [-0.39, 0.29) is 5.82 Å². The minimum Gasteiger partial charge on any atom is -0.356 e. The SMILES string of the molecule is CN=C(NCCCc1nc(C)cs1)NCCc1ccccc1F. The molecule has 1 heterocycles. The van der Waals surface area contributed by atoms with E-state index < -0.39 is 0 Å². The van der Waals surface area contributed by atoms with Gasteiger partial charge in [-0.25, -0.2) is 9.37 Å². The lowest BCUT2D eigenvalue weighted by Crippen LogP contribution is -2.38. The molecule has 124 valence electrons. The second-order valence-corrected chi connectivity index (χ2v) is 6.20. The average Bonchev–Trinajstić information content (AvgIpc) is 2.97. The zero-order valence-corrected chi connectivity index (χ0v) is 14.4. The van der Waals surface area contributed by atoms with Crippen molar-refractivity contribution in [1.29, 1.82) is 0 Å². The molecule has 0 unspecified atom stereocenters. The van der Waals surface area contributed by atoms with E-state index >= 15 is 0 Å². The van der Waals surface area contributed by atoms with E-state index in [1.165, 1.54) is 11.1 Å². The molecule has 4 nitrogen and oxygen atoms in total. The summed E-state index contributed by atoms with van der Waals surface area (Å²) in [6.45, 7) is 3.49. The molecule has 2 aromatic rings. The number of hydrogen-bond donors (Lipinski definition) is 2. The van der Waals surface area contributed by atoms with Crippen molar-refractivity contribution in [2.24, 2.45) is 4.99 Å². The van der Waals surface area contributed by atoms with Crippen LogP contribution in [-0.4, -0.2) is 31.1 Å². The average molecular weight is 334 g/mol. The summed E-state index contributed by atoms with van der Waals surface area (Å²) in [6, 6.07) is 6.86. The maximum atomic E-state index is 13.5. The van der Waals surface area contributed by atoms with E-state index in [1.54, 1.807) is 24.5 Å². The standard InChI is InChI=1S/C17H23FN4S/c1-13-12-23-16(22-13)8-5-10-20-17(19-2)21-11-9-14-6-3-4-7-15(14)18/h3-4,6-7,12H,5,8-11H2,1-2H3,(H2,19,20,21). The van der Waals surface area contributed by atoms with Gasteiger partial charge in [-0.1, -0.05) is 18.2 Å². The molecule has 0 saturated carbocycles. The van der Waals surface area contributed by atoms with E-state index in [4.69, 9.17) is 0 Å². The summed E-state index contributed by atoms with van der Waals surface area (Å²) in [5.41, 5.74) is 1.80. The number of benzene rings is 1. The molecule has 0 aliphatic rings. The van der Waals surface area contributed by atoms with Gasteiger partial charge >= 0.3 is 0 Å². The van der Waals surface area contributed by atoms with Gasteiger partial charge in [-0.3, -0.25) is 4.99 Å². The van der Waals surface area contributed by atoms with Gasteiger partial charge in [0.15, 0.2) is 5.96 Å². The van der Waals surface area contributed by atoms with Crippen LogP contribution in [0.4, 0.5) is 4.39 Å². The summed E-state index contributed by atoms with van der Waals surface area (Å²) >= 11 is 1.71. The van der Waals surface area contributed by atoms with E-state index in [2.05, 4.69) is 26.0 Å². The fraction of sp³-hybridized carbons (Fsp3) is 0.412. The highest BCUT2D eigenvalue weighted by molar-refractivity contribution is 7.09. The van der Waals surface area contributed by atoms with Gasteiger partial charge < -0.3 is 10.6 Å². The Kier molecular flexibility index (Phi) is 7.00. The van der Waals surface area contributed by atoms with Gasteiger partial charge in [0.2, 0.25) is 0 Å². The molecule has 0 aliphatic carbocycles. The molecular weight excluding hydrogens is 311 g/mol. The third kappa shape index (κ3) is 5.98. The molecule has 0 amide bonds. The van der Waals surface area contributed by atoms with Crippen LogP contribution in [-0.2, 0) is 12.8 Å². The van der Waals surface area contributed by atoms with E-state index in [1.807, 2.05) is 19.1 Å². The molecule has 0 atom stereocenters. The highest BCUT2D eigenvalue weighted by atomic mass is 32.1. The number of aryl methyl sites for hydroxylation is 2. The fourth-order valence-corrected chi connectivity index (χ4v) is 3.02. The summed E-state index contributed by atoms with van der Waals surface area (Å²) in [4.78, 5) is 8.63. The number of nitrogens with zero attached hydrogens (tertiary/aromatic N) is 2. The molecule has 1 aromatic carbocycles. The first-order valence-electron chi connectivity index (χ1n) is 7.78. The summed E-state index contributed by atoms with van der Waals surface area (Å²) < 4.78 is 13.5. The fourth-order valence-electron chi connectivity index (χ4n) is 2.20. The van der Waals surface area contributed by atoms with Gasteiger partial charge in [0, 0.05) is 37.6 Å².